The Bertz CT molecular complexity index is 981. The fraction of sp³-hybridized carbons (Fsp3) is 0.105. The molecule has 2 amide bonds. The van der Waals surface area contributed by atoms with Crippen LogP contribution in [0.1, 0.15) is 22.8 Å². The lowest BCUT2D eigenvalue weighted by Crippen LogP contribution is -2.23. The molecule has 0 unspecified atom stereocenters. The van der Waals surface area contributed by atoms with Crippen molar-refractivity contribution in [1.82, 2.24) is 10.3 Å². The minimum atomic E-state index is -0.161. The van der Waals surface area contributed by atoms with E-state index in [4.69, 9.17) is 0 Å². The van der Waals surface area contributed by atoms with Gasteiger partial charge in [-0.3, -0.25) is 9.59 Å². The second kappa shape index (κ2) is 7.60. The second-order valence-electron chi connectivity index (χ2n) is 5.28. The van der Waals surface area contributed by atoms with Gasteiger partial charge in [-0.25, -0.2) is 4.98 Å². The molecule has 2 N–H and O–H groups in total. The van der Waals surface area contributed by atoms with E-state index in [1.165, 1.54) is 18.3 Å². The number of nitrogens with zero attached hydrogens (tertiary/aromatic N) is 1. The molecule has 3 aromatic rings. The van der Waals surface area contributed by atoms with E-state index in [1.807, 2.05) is 24.3 Å². The zero-order chi connectivity index (χ0) is 17.6. The number of thiazole rings is 1. The van der Waals surface area contributed by atoms with Gasteiger partial charge in [0.1, 0.15) is 0 Å². The minimum Gasteiger partial charge on any atom is -0.341 e. The monoisotopic (exact) mass is 349 g/mol. The Morgan fingerprint density at radius 1 is 1.16 bits per heavy atom. The van der Waals surface area contributed by atoms with Crippen molar-refractivity contribution in [3.8, 4) is 11.8 Å². The van der Waals surface area contributed by atoms with Crippen LogP contribution >= 0.6 is 11.3 Å². The minimum absolute atomic E-state index is 0.113. The van der Waals surface area contributed by atoms with E-state index in [2.05, 4.69) is 27.5 Å². The molecular formula is C19H15N3O2S. The summed E-state index contributed by atoms with van der Waals surface area (Å²) in [5.41, 5.74) is 4.79. The first-order valence-electron chi connectivity index (χ1n) is 7.60. The van der Waals surface area contributed by atoms with E-state index < -0.39 is 0 Å². The highest BCUT2D eigenvalue weighted by Gasteiger charge is 2.06. The van der Waals surface area contributed by atoms with Crippen LogP contribution in [-0.4, -0.2) is 23.3 Å². The van der Waals surface area contributed by atoms with Crippen LogP contribution in [0.5, 0.6) is 0 Å². The number of fused-ring (bicyclic) bond motifs is 1. The van der Waals surface area contributed by atoms with Crippen LogP contribution in [0.15, 0.2) is 48.0 Å². The highest BCUT2D eigenvalue weighted by atomic mass is 32.1. The molecule has 0 fully saturated rings. The fourth-order valence-corrected chi connectivity index (χ4v) is 2.93. The van der Waals surface area contributed by atoms with Gasteiger partial charge in [0.2, 0.25) is 5.91 Å². The average molecular weight is 349 g/mol. The first-order chi connectivity index (χ1) is 12.1. The number of hydrogen-bond donors (Lipinski definition) is 2. The van der Waals surface area contributed by atoms with E-state index in [-0.39, 0.29) is 18.4 Å². The Kier molecular flexibility index (Phi) is 5.07. The van der Waals surface area contributed by atoms with Crippen molar-refractivity contribution >= 4 is 39.1 Å². The third-order valence-corrected chi connectivity index (χ3v) is 4.16. The van der Waals surface area contributed by atoms with Crippen LogP contribution in [0.4, 0.5) is 5.69 Å². The molecule has 1 heterocycles. The average Bonchev–Trinajstić information content (AvgIpc) is 3.07. The number of aromatic nitrogens is 1. The summed E-state index contributed by atoms with van der Waals surface area (Å²) in [6.45, 7) is 1.72. The zero-order valence-electron chi connectivity index (χ0n) is 13.5. The Labute approximate surface area is 149 Å². The molecule has 0 atom stereocenters. The summed E-state index contributed by atoms with van der Waals surface area (Å²) in [5.74, 6) is 5.61. The summed E-state index contributed by atoms with van der Waals surface area (Å²) < 4.78 is 0.984. The Morgan fingerprint density at radius 2 is 1.96 bits per heavy atom. The highest BCUT2D eigenvalue weighted by Crippen LogP contribution is 2.18. The largest absolute Gasteiger partial charge is 0.341 e. The maximum Gasteiger partial charge on any atom is 0.252 e. The number of anilines is 1. The predicted octanol–water partition coefficient (Wildman–Crippen LogP) is 3.04. The Hall–Kier alpha value is -3.17. The van der Waals surface area contributed by atoms with Crippen LogP contribution in [0.25, 0.3) is 10.2 Å². The molecule has 1 aromatic heterocycles. The smallest absolute Gasteiger partial charge is 0.252 e. The summed E-state index contributed by atoms with van der Waals surface area (Å²) in [6, 6.07) is 12.6. The van der Waals surface area contributed by atoms with E-state index in [0.717, 1.165) is 21.5 Å². The highest BCUT2D eigenvalue weighted by molar-refractivity contribution is 7.16. The van der Waals surface area contributed by atoms with Gasteiger partial charge in [0.25, 0.3) is 5.91 Å². The molecule has 25 heavy (non-hydrogen) atoms. The maximum atomic E-state index is 12.1. The number of hydrogen-bond acceptors (Lipinski definition) is 4. The van der Waals surface area contributed by atoms with Gasteiger partial charge in [0.15, 0.2) is 0 Å². The molecule has 0 aliphatic carbocycles. The number of amides is 2. The first-order valence-corrected chi connectivity index (χ1v) is 8.48. The van der Waals surface area contributed by atoms with Gasteiger partial charge >= 0.3 is 0 Å². The molecule has 0 bridgehead atoms. The molecule has 0 spiro atoms. The number of rotatable bonds is 3. The second-order valence-corrected chi connectivity index (χ2v) is 6.16. The van der Waals surface area contributed by atoms with Gasteiger partial charge in [-0.2, -0.15) is 0 Å². The van der Waals surface area contributed by atoms with Gasteiger partial charge in [0, 0.05) is 23.7 Å². The van der Waals surface area contributed by atoms with E-state index in [9.17, 15) is 9.59 Å². The number of nitrogens with one attached hydrogen (secondary N) is 2. The van der Waals surface area contributed by atoms with Gasteiger partial charge in [-0.1, -0.05) is 11.8 Å². The van der Waals surface area contributed by atoms with Crippen LogP contribution in [0, 0.1) is 11.8 Å². The molecule has 0 saturated carbocycles. The Morgan fingerprint density at radius 3 is 2.72 bits per heavy atom. The lowest BCUT2D eigenvalue weighted by molar-refractivity contribution is -0.114. The molecular weight excluding hydrogens is 334 g/mol. The van der Waals surface area contributed by atoms with E-state index in [1.54, 1.807) is 23.7 Å². The first kappa shape index (κ1) is 16.7. The van der Waals surface area contributed by atoms with Gasteiger partial charge in [-0.15, -0.1) is 11.3 Å². The van der Waals surface area contributed by atoms with Crippen molar-refractivity contribution in [1.29, 1.82) is 0 Å². The normalized spacial score (nSPS) is 9.96. The van der Waals surface area contributed by atoms with Crippen LogP contribution in [0.2, 0.25) is 0 Å². The van der Waals surface area contributed by atoms with Crippen molar-refractivity contribution in [3.05, 3.63) is 59.1 Å². The molecule has 3 rings (SSSR count). The van der Waals surface area contributed by atoms with Crippen molar-refractivity contribution in [2.75, 3.05) is 11.9 Å². The molecule has 124 valence electrons. The standard InChI is InChI=1S/C19H15N3O2S/c1-13(23)22-16-7-4-14(5-8-16)3-2-10-20-19(24)15-6-9-17-18(11-15)25-12-21-17/h4-9,11-12H,10H2,1H3,(H,20,24)(H,22,23). The Balaban J connectivity index is 1.56. The maximum absolute atomic E-state index is 12.1. The molecule has 0 aliphatic heterocycles. The van der Waals surface area contributed by atoms with E-state index >= 15 is 0 Å². The molecule has 2 aromatic carbocycles. The van der Waals surface area contributed by atoms with Crippen LogP contribution in [-0.2, 0) is 4.79 Å². The van der Waals surface area contributed by atoms with Crippen LogP contribution in [0.3, 0.4) is 0 Å². The summed E-state index contributed by atoms with van der Waals surface area (Å²) in [7, 11) is 0. The lowest BCUT2D eigenvalue weighted by Gasteiger charge is -2.01. The molecule has 0 aliphatic rings. The third-order valence-electron chi connectivity index (χ3n) is 3.37. The van der Waals surface area contributed by atoms with Crippen molar-refractivity contribution in [2.24, 2.45) is 0 Å². The summed E-state index contributed by atoms with van der Waals surface area (Å²) >= 11 is 1.50. The van der Waals surface area contributed by atoms with Gasteiger partial charge < -0.3 is 10.6 Å². The van der Waals surface area contributed by atoms with Crippen LogP contribution < -0.4 is 10.6 Å². The van der Waals surface area contributed by atoms with Gasteiger partial charge in [0.05, 0.1) is 22.3 Å². The summed E-state index contributed by atoms with van der Waals surface area (Å²) in [4.78, 5) is 27.3. The fourth-order valence-electron chi connectivity index (χ4n) is 2.21. The van der Waals surface area contributed by atoms with Crippen molar-refractivity contribution < 1.29 is 9.59 Å². The molecule has 6 heteroatoms. The van der Waals surface area contributed by atoms with E-state index in [0.29, 0.717) is 5.56 Å². The predicted molar refractivity (Wildman–Crippen MR) is 99.6 cm³/mol. The molecule has 5 nitrogen and oxygen atoms in total. The molecule has 0 radical (unpaired) electrons. The van der Waals surface area contributed by atoms with Crippen molar-refractivity contribution in [3.63, 3.8) is 0 Å². The van der Waals surface area contributed by atoms with Crippen molar-refractivity contribution in [2.45, 2.75) is 6.92 Å². The third kappa shape index (κ3) is 4.43. The zero-order valence-corrected chi connectivity index (χ0v) is 14.3. The molecule has 0 saturated heterocycles. The lowest BCUT2D eigenvalue weighted by atomic mass is 10.2. The summed E-state index contributed by atoms with van der Waals surface area (Å²) in [5, 5.41) is 5.47. The SMILES string of the molecule is CC(=O)Nc1ccc(C#CCNC(=O)c2ccc3ncsc3c2)cc1. The topological polar surface area (TPSA) is 71.1 Å². The quantitative estimate of drug-likeness (QED) is 0.714. The number of benzene rings is 2. The summed E-state index contributed by atoms with van der Waals surface area (Å²) in [6.07, 6.45) is 0. The number of carbonyl (C=O) groups is 2. The van der Waals surface area contributed by atoms with Gasteiger partial charge in [-0.05, 0) is 42.5 Å². The number of carbonyl (C=O) groups excluding carboxylic acids is 2.